The van der Waals surface area contributed by atoms with Crippen LogP contribution in [0.1, 0.15) is 16.1 Å². The number of carbonyl (C=O) groups excluding carboxylic acids is 1. The molecule has 2 aromatic carbocycles. The number of furan rings is 1. The molecule has 0 bridgehead atoms. The Morgan fingerprint density at radius 1 is 1.09 bits per heavy atom. The van der Waals surface area contributed by atoms with Crippen LogP contribution in [0.25, 0.3) is 11.0 Å². The molecule has 0 unspecified atom stereocenters. The molecule has 0 spiro atoms. The van der Waals surface area contributed by atoms with Gasteiger partial charge >= 0.3 is 0 Å². The second-order valence-corrected chi connectivity index (χ2v) is 7.25. The number of rotatable bonds is 4. The first-order valence-electron chi connectivity index (χ1n) is 6.99. The van der Waals surface area contributed by atoms with Gasteiger partial charge in [0.1, 0.15) is 11.3 Å². The number of hydrogen-bond acceptors (Lipinski definition) is 4. The maximum atomic E-state index is 12.1. The maximum absolute atomic E-state index is 12.1. The van der Waals surface area contributed by atoms with E-state index in [1.165, 1.54) is 24.3 Å². The summed E-state index contributed by atoms with van der Waals surface area (Å²) in [5, 5.41) is 3.73. The van der Waals surface area contributed by atoms with Gasteiger partial charge < -0.3 is 9.73 Å². The summed E-state index contributed by atoms with van der Waals surface area (Å²) >= 11 is 0. The standard InChI is InChI=1S/C17H15NO4S/c1-23(20,21)15-8-6-12(7-9-15)17(19)18-11-14-10-13-4-2-3-5-16(13)22-14/h2-10H,11H2,1H3,(H,18,19). The van der Waals surface area contributed by atoms with Gasteiger partial charge in [0.15, 0.2) is 9.84 Å². The Balaban J connectivity index is 1.69. The lowest BCUT2D eigenvalue weighted by molar-refractivity contribution is 0.0948. The minimum Gasteiger partial charge on any atom is -0.459 e. The second kappa shape index (κ2) is 5.89. The van der Waals surface area contributed by atoms with E-state index in [0.29, 0.717) is 11.3 Å². The molecule has 0 saturated heterocycles. The molecule has 1 heterocycles. The summed E-state index contributed by atoms with van der Waals surface area (Å²) in [7, 11) is -3.26. The summed E-state index contributed by atoms with van der Waals surface area (Å²) in [4.78, 5) is 12.3. The van der Waals surface area contributed by atoms with Gasteiger partial charge in [-0.2, -0.15) is 0 Å². The van der Waals surface area contributed by atoms with Crippen LogP contribution < -0.4 is 5.32 Å². The van der Waals surface area contributed by atoms with Crippen molar-refractivity contribution in [2.45, 2.75) is 11.4 Å². The predicted octanol–water partition coefficient (Wildman–Crippen LogP) is 2.77. The molecule has 0 saturated carbocycles. The van der Waals surface area contributed by atoms with E-state index >= 15 is 0 Å². The molecule has 0 aliphatic carbocycles. The number of benzene rings is 2. The molecule has 0 radical (unpaired) electrons. The largest absolute Gasteiger partial charge is 0.459 e. The van der Waals surface area contributed by atoms with Crippen molar-refractivity contribution in [3.63, 3.8) is 0 Å². The molecule has 3 rings (SSSR count). The first-order valence-corrected chi connectivity index (χ1v) is 8.88. The minimum atomic E-state index is -3.26. The first kappa shape index (κ1) is 15.3. The number of carbonyl (C=O) groups is 1. The Bertz CT molecular complexity index is 923. The molecule has 1 N–H and O–H groups in total. The summed E-state index contributed by atoms with van der Waals surface area (Å²) in [6.45, 7) is 0.265. The van der Waals surface area contributed by atoms with Gasteiger partial charge in [-0.15, -0.1) is 0 Å². The molecule has 3 aromatic rings. The highest BCUT2D eigenvalue weighted by Gasteiger charge is 2.10. The molecule has 1 aromatic heterocycles. The van der Waals surface area contributed by atoms with Crippen LogP contribution in [0.5, 0.6) is 0 Å². The lowest BCUT2D eigenvalue weighted by Crippen LogP contribution is -2.22. The molecule has 0 aliphatic heterocycles. The maximum Gasteiger partial charge on any atom is 0.251 e. The Kier molecular flexibility index (Phi) is 3.92. The van der Waals surface area contributed by atoms with E-state index in [9.17, 15) is 13.2 Å². The molecule has 23 heavy (non-hydrogen) atoms. The number of nitrogens with one attached hydrogen (secondary N) is 1. The highest BCUT2D eigenvalue weighted by molar-refractivity contribution is 7.90. The van der Waals surface area contributed by atoms with E-state index in [1.807, 2.05) is 30.3 Å². The van der Waals surface area contributed by atoms with E-state index < -0.39 is 9.84 Å². The third kappa shape index (κ3) is 3.43. The van der Waals surface area contributed by atoms with Gasteiger partial charge in [-0.05, 0) is 36.4 Å². The lowest BCUT2D eigenvalue weighted by atomic mass is 10.2. The molecule has 118 valence electrons. The first-order chi connectivity index (χ1) is 10.9. The fourth-order valence-corrected chi connectivity index (χ4v) is 2.88. The summed E-state index contributed by atoms with van der Waals surface area (Å²) < 4.78 is 28.4. The summed E-state index contributed by atoms with van der Waals surface area (Å²) in [6, 6.07) is 15.3. The Morgan fingerprint density at radius 3 is 2.43 bits per heavy atom. The monoisotopic (exact) mass is 329 g/mol. The Hall–Kier alpha value is -2.60. The highest BCUT2D eigenvalue weighted by atomic mass is 32.2. The number of hydrogen-bond donors (Lipinski definition) is 1. The molecule has 0 atom stereocenters. The molecule has 6 heteroatoms. The van der Waals surface area contributed by atoms with Gasteiger partial charge in [-0.1, -0.05) is 18.2 Å². The zero-order chi connectivity index (χ0) is 16.4. The lowest BCUT2D eigenvalue weighted by Gasteiger charge is -2.04. The molecule has 0 fully saturated rings. The van der Waals surface area contributed by atoms with E-state index in [1.54, 1.807) is 0 Å². The van der Waals surface area contributed by atoms with E-state index in [0.717, 1.165) is 17.2 Å². The van der Waals surface area contributed by atoms with Crippen molar-refractivity contribution >= 4 is 26.7 Å². The van der Waals surface area contributed by atoms with Crippen LogP contribution in [0.2, 0.25) is 0 Å². The minimum absolute atomic E-state index is 0.186. The van der Waals surface area contributed by atoms with Crippen LogP contribution in [0.3, 0.4) is 0 Å². The molecule has 1 amide bonds. The topological polar surface area (TPSA) is 76.4 Å². The normalized spacial score (nSPS) is 11.5. The fraction of sp³-hybridized carbons (Fsp3) is 0.118. The Labute approximate surface area is 133 Å². The van der Waals surface area contributed by atoms with Crippen molar-refractivity contribution in [2.75, 3.05) is 6.26 Å². The van der Waals surface area contributed by atoms with Crippen LogP contribution in [-0.4, -0.2) is 20.6 Å². The van der Waals surface area contributed by atoms with Crippen LogP contribution in [0, 0.1) is 0 Å². The van der Waals surface area contributed by atoms with Gasteiger partial charge in [0.2, 0.25) is 0 Å². The number of fused-ring (bicyclic) bond motifs is 1. The average molecular weight is 329 g/mol. The van der Waals surface area contributed by atoms with Crippen LogP contribution in [0.15, 0.2) is 63.9 Å². The molecular formula is C17H15NO4S. The van der Waals surface area contributed by atoms with Gasteiger partial charge in [0, 0.05) is 17.2 Å². The quantitative estimate of drug-likeness (QED) is 0.798. The zero-order valence-corrected chi connectivity index (χ0v) is 13.3. The number of amides is 1. The fourth-order valence-electron chi connectivity index (χ4n) is 2.25. The van der Waals surface area contributed by atoms with Crippen molar-refractivity contribution in [2.24, 2.45) is 0 Å². The van der Waals surface area contributed by atoms with Crippen molar-refractivity contribution < 1.29 is 17.6 Å². The molecule has 0 aliphatic rings. The van der Waals surface area contributed by atoms with Gasteiger partial charge in [-0.25, -0.2) is 8.42 Å². The Morgan fingerprint density at radius 2 is 1.78 bits per heavy atom. The van der Waals surface area contributed by atoms with Crippen LogP contribution in [0.4, 0.5) is 0 Å². The second-order valence-electron chi connectivity index (χ2n) is 5.23. The van der Waals surface area contributed by atoms with Gasteiger partial charge in [0.25, 0.3) is 5.91 Å². The van der Waals surface area contributed by atoms with E-state index in [-0.39, 0.29) is 17.3 Å². The van der Waals surface area contributed by atoms with E-state index in [2.05, 4.69) is 5.32 Å². The molecule has 5 nitrogen and oxygen atoms in total. The number of para-hydroxylation sites is 1. The zero-order valence-electron chi connectivity index (χ0n) is 12.4. The van der Waals surface area contributed by atoms with Crippen LogP contribution in [-0.2, 0) is 16.4 Å². The smallest absolute Gasteiger partial charge is 0.251 e. The van der Waals surface area contributed by atoms with Crippen LogP contribution >= 0.6 is 0 Å². The van der Waals surface area contributed by atoms with Crippen molar-refractivity contribution in [3.8, 4) is 0 Å². The third-order valence-electron chi connectivity index (χ3n) is 3.44. The van der Waals surface area contributed by atoms with Crippen molar-refractivity contribution in [1.82, 2.24) is 5.32 Å². The SMILES string of the molecule is CS(=O)(=O)c1ccc(C(=O)NCc2cc3ccccc3o2)cc1. The third-order valence-corrected chi connectivity index (χ3v) is 4.57. The predicted molar refractivity (Wildman–Crippen MR) is 86.9 cm³/mol. The summed E-state index contributed by atoms with van der Waals surface area (Å²) in [5.41, 5.74) is 1.17. The van der Waals surface area contributed by atoms with Gasteiger partial charge in [0.05, 0.1) is 11.4 Å². The number of sulfone groups is 1. The average Bonchev–Trinajstić information content (AvgIpc) is 2.95. The summed E-state index contributed by atoms with van der Waals surface area (Å²) in [5.74, 6) is 0.373. The van der Waals surface area contributed by atoms with Crippen molar-refractivity contribution in [1.29, 1.82) is 0 Å². The van der Waals surface area contributed by atoms with E-state index in [4.69, 9.17) is 4.42 Å². The highest BCUT2D eigenvalue weighted by Crippen LogP contribution is 2.18. The van der Waals surface area contributed by atoms with Crippen molar-refractivity contribution in [3.05, 3.63) is 65.9 Å². The molecular weight excluding hydrogens is 314 g/mol. The summed E-state index contributed by atoms with van der Waals surface area (Å²) in [6.07, 6.45) is 1.13. The van der Waals surface area contributed by atoms with Gasteiger partial charge in [-0.3, -0.25) is 4.79 Å².